The van der Waals surface area contributed by atoms with Crippen LogP contribution in [0.5, 0.6) is 11.5 Å². The number of halogens is 1. The first-order valence-corrected chi connectivity index (χ1v) is 7.49. The van der Waals surface area contributed by atoms with Gasteiger partial charge in [0.1, 0.15) is 18.1 Å². The molecule has 21 heavy (non-hydrogen) atoms. The van der Waals surface area contributed by atoms with E-state index >= 15 is 0 Å². The van der Waals surface area contributed by atoms with Gasteiger partial charge in [0.25, 0.3) is 0 Å². The third-order valence-corrected chi connectivity index (χ3v) is 3.62. The highest BCUT2D eigenvalue weighted by molar-refractivity contribution is 9.10. The fraction of sp³-hybridized carbons (Fsp3) is 0.312. The number of methoxy groups -OCH3 is 1. The highest BCUT2D eigenvalue weighted by Gasteiger charge is 2.09. The zero-order chi connectivity index (χ0) is 15.2. The van der Waals surface area contributed by atoms with Crippen molar-refractivity contribution in [2.75, 3.05) is 14.2 Å². The third kappa shape index (κ3) is 4.19. The fourth-order valence-electron chi connectivity index (χ4n) is 2.09. The average molecular weight is 351 g/mol. The maximum absolute atomic E-state index is 5.96. The summed E-state index contributed by atoms with van der Waals surface area (Å²) >= 11 is 3.54. The number of pyridine rings is 1. The number of para-hydroxylation sites is 1. The summed E-state index contributed by atoms with van der Waals surface area (Å²) in [5.74, 6) is 1.64. The molecule has 0 spiro atoms. The number of hydrogen-bond donors (Lipinski definition) is 1. The molecule has 2 rings (SSSR count). The Labute approximate surface area is 133 Å². The zero-order valence-electron chi connectivity index (χ0n) is 12.4. The van der Waals surface area contributed by atoms with Gasteiger partial charge in [-0.15, -0.1) is 0 Å². The molecule has 0 amide bonds. The van der Waals surface area contributed by atoms with Gasteiger partial charge in [-0.1, -0.05) is 12.1 Å². The number of nitrogens with one attached hydrogen (secondary N) is 1. The molecular weight excluding hydrogens is 332 g/mol. The van der Waals surface area contributed by atoms with E-state index in [0.29, 0.717) is 6.61 Å². The summed E-state index contributed by atoms with van der Waals surface area (Å²) in [5.41, 5.74) is 2.86. The lowest BCUT2D eigenvalue weighted by Gasteiger charge is -2.13. The molecule has 2 aromatic rings. The summed E-state index contributed by atoms with van der Waals surface area (Å²) in [6.07, 6.45) is 0. The molecule has 0 saturated heterocycles. The minimum atomic E-state index is 0.400. The lowest BCUT2D eigenvalue weighted by Crippen LogP contribution is -2.08. The highest BCUT2D eigenvalue weighted by atomic mass is 79.9. The largest absolute Gasteiger partial charge is 0.497 e. The Hall–Kier alpha value is -1.59. The molecule has 0 aliphatic carbocycles. The molecule has 1 aromatic heterocycles. The van der Waals surface area contributed by atoms with Gasteiger partial charge in [0, 0.05) is 29.9 Å². The van der Waals surface area contributed by atoms with E-state index in [1.807, 2.05) is 44.3 Å². The number of ether oxygens (including phenoxy) is 2. The maximum Gasteiger partial charge on any atom is 0.138 e. The SMILES string of the molecule is CNCc1cccc(Br)c1OCc1cc(OC)cc(C)n1. The third-order valence-electron chi connectivity index (χ3n) is 3.00. The standard InChI is InChI=1S/C16H19BrN2O2/c1-11-7-14(20-3)8-13(19-11)10-21-16-12(9-18-2)5-4-6-15(16)17/h4-8,18H,9-10H2,1-3H3. The Kier molecular flexibility index (Phi) is 5.59. The van der Waals surface area contributed by atoms with Crippen molar-refractivity contribution in [2.24, 2.45) is 0 Å². The first-order valence-electron chi connectivity index (χ1n) is 6.70. The summed E-state index contributed by atoms with van der Waals surface area (Å²) < 4.78 is 12.2. The molecular formula is C16H19BrN2O2. The van der Waals surface area contributed by atoms with Crippen LogP contribution in [0.4, 0.5) is 0 Å². The molecule has 112 valence electrons. The van der Waals surface area contributed by atoms with Gasteiger partial charge in [0.15, 0.2) is 0 Å². The minimum absolute atomic E-state index is 0.400. The molecule has 4 nitrogen and oxygen atoms in total. The van der Waals surface area contributed by atoms with E-state index in [4.69, 9.17) is 9.47 Å². The molecule has 1 heterocycles. The van der Waals surface area contributed by atoms with Crippen molar-refractivity contribution in [3.05, 3.63) is 51.8 Å². The van der Waals surface area contributed by atoms with Crippen LogP contribution in [0, 0.1) is 6.92 Å². The van der Waals surface area contributed by atoms with Crippen molar-refractivity contribution in [1.29, 1.82) is 0 Å². The van der Waals surface area contributed by atoms with E-state index < -0.39 is 0 Å². The highest BCUT2D eigenvalue weighted by Crippen LogP contribution is 2.30. The van der Waals surface area contributed by atoms with E-state index in [-0.39, 0.29) is 0 Å². The number of aromatic nitrogens is 1. The van der Waals surface area contributed by atoms with Crippen molar-refractivity contribution in [1.82, 2.24) is 10.3 Å². The smallest absolute Gasteiger partial charge is 0.138 e. The minimum Gasteiger partial charge on any atom is -0.497 e. The second-order valence-corrected chi connectivity index (χ2v) is 5.54. The molecule has 0 aliphatic rings. The van der Waals surface area contributed by atoms with Crippen molar-refractivity contribution >= 4 is 15.9 Å². The molecule has 1 aromatic carbocycles. The monoisotopic (exact) mass is 350 g/mol. The Balaban J connectivity index is 2.18. The first-order chi connectivity index (χ1) is 10.1. The van der Waals surface area contributed by atoms with Gasteiger partial charge in [0.05, 0.1) is 17.3 Å². The number of aryl methyl sites for hydroxylation is 1. The molecule has 5 heteroatoms. The van der Waals surface area contributed by atoms with Crippen molar-refractivity contribution in [3.63, 3.8) is 0 Å². The summed E-state index contributed by atoms with van der Waals surface area (Å²) in [4.78, 5) is 4.47. The Bertz CT molecular complexity index is 617. The average Bonchev–Trinajstić information content (AvgIpc) is 2.46. The Morgan fingerprint density at radius 1 is 1.29 bits per heavy atom. The van der Waals surface area contributed by atoms with E-state index in [1.165, 1.54) is 0 Å². The van der Waals surface area contributed by atoms with Gasteiger partial charge < -0.3 is 14.8 Å². The summed E-state index contributed by atoms with van der Waals surface area (Å²) in [6.45, 7) is 3.09. The van der Waals surface area contributed by atoms with Crippen LogP contribution in [-0.2, 0) is 13.2 Å². The van der Waals surface area contributed by atoms with Crippen LogP contribution in [0.1, 0.15) is 17.0 Å². The van der Waals surface area contributed by atoms with Crippen molar-refractivity contribution in [2.45, 2.75) is 20.1 Å². The number of benzene rings is 1. The van der Waals surface area contributed by atoms with E-state index in [9.17, 15) is 0 Å². The van der Waals surface area contributed by atoms with Crippen LogP contribution >= 0.6 is 15.9 Å². The Morgan fingerprint density at radius 3 is 2.81 bits per heavy atom. The normalized spacial score (nSPS) is 10.5. The number of rotatable bonds is 6. The summed E-state index contributed by atoms with van der Waals surface area (Å²) in [5, 5.41) is 3.14. The van der Waals surface area contributed by atoms with Crippen molar-refractivity contribution < 1.29 is 9.47 Å². The molecule has 0 radical (unpaired) electrons. The van der Waals surface area contributed by atoms with Crippen LogP contribution in [0.2, 0.25) is 0 Å². The van der Waals surface area contributed by atoms with Crippen LogP contribution < -0.4 is 14.8 Å². The molecule has 0 aliphatic heterocycles. The van der Waals surface area contributed by atoms with Crippen molar-refractivity contribution in [3.8, 4) is 11.5 Å². The summed E-state index contributed by atoms with van der Waals surface area (Å²) in [7, 11) is 3.57. The van der Waals surface area contributed by atoms with E-state index in [0.717, 1.165) is 39.5 Å². The number of hydrogen-bond acceptors (Lipinski definition) is 4. The predicted molar refractivity (Wildman–Crippen MR) is 86.8 cm³/mol. The van der Waals surface area contributed by atoms with Crippen LogP contribution in [0.3, 0.4) is 0 Å². The van der Waals surface area contributed by atoms with Crippen LogP contribution in [-0.4, -0.2) is 19.1 Å². The van der Waals surface area contributed by atoms with Gasteiger partial charge in [-0.05, 0) is 36.0 Å². The van der Waals surface area contributed by atoms with E-state index in [1.54, 1.807) is 7.11 Å². The fourth-order valence-corrected chi connectivity index (χ4v) is 2.61. The zero-order valence-corrected chi connectivity index (χ0v) is 14.0. The second kappa shape index (κ2) is 7.43. The van der Waals surface area contributed by atoms with Gasteiger partial charge in [0.2, 0.25) is 0 Å². The topological polar surface area (TPSA) is 43.4 Å². The lowest BCUT2D eigenvalue weighted by atomic mass is 10.2. The molecule has 0 saturated carbocycles. The molecule has 0 atom stereocenters. The number of nitrogens with zero attached hydrogens (tertiary/aromatic N) is 1. The molecule has 0 fully saturated rings. The lowest BCUT2D eigenvalue weighted by molar-refractivity contribution is 0.294. The van der Waals surface area contributed by atoms with Crippen LogP contribution in [0.25, 0.3) is 0 Å². The van der Waals surface area contributed by atoms with Gasteiger partial charge in [-0.3, -0.25) is 4.98 Å². The van der Waals surface area contributed by atoms with Gasteiger partial charge >= 0.3 is 0 Å². The molecule has 0 unspecified atom stereocenters. The van der Waals surface area contributed by atoms with Gasteiger partial charge in [-0.2, -0.15) is 0 Å². The van der Waals surface area contributed by atoms with Crippen LogP contribution in [0.15, 0.2) is 34.8 Å². The summed E-state index contributed by atoms with van der Waals surface area (Å²) in [6, 6.07) is 9.80. The quantitative estimate of drug-likeness (QED) is 0.866. The van der Waals surface area contributed by atoms with E-state index in [2.05, 4.69) is 26.2 Å². The Morgan fingerprint density at radius 2 is 2.10 bits per heavy atom. The first kappa shape index (κ1) is 15.8. The van der Waals surface area contributed by atoms with Gasteiger partial charge in [-0.25, -0.2) is 0 Å². The molecule has 0 bridgehead atoms. The predicted octanol–water partition coefficient (Wildman–Crippen LogP) is 3.46. The molecule has 1 N–H and O–H groups in total. The maximum atomic E-state index is 5.96. The second-order valence-electron chi connectivity index (χ2n) is 4.69.